The first-order valence-electron chi connectivity index (χ1n) is 5.42. The number of thiazole rings is 1. The van der Waals surface area contributed by atoms with Crippen LogP contribution in [0, 0.1) is 11.3 Å². The Balaban J connectivity index is 2.31. The number of hydrogen-bond donors (Lipinski definition) is 2. The maximum Gasteiger partial charge on any atom is 0.317 e. The molecule has 2 N–H and O–H groups in total. The van der Waals surface area contributed by atoms with Gasteiger partial charge in [0.1, 0.15) is 16.8 Å². The van der Waals surface area contributed by atoms with Gasteiger partial charge in [0.15, 0.2) is 4.34 Å². The van der Waals surface area contributed by atoms with Crippen LogP contribution in [0.15, 0.2) is 22.5 Å². The lowest BCUT2D eigenvalue weighted by Crippen LogP contribution is -2.20. The van der Waals surface area contributed by atoms with Gasteiger partial charge in [0, 0.05) is 0 Å². The van der Waals surface area contributed by atoms with Crippen molar-refractivity contribution in [2.75, 3.05) is 0 Å². The van der Waals surface area contributed by atoms with Gasteiger partial charge in [0.2, 0.25) is 0 Å². The van der Waals surface area contributed by atoms with Gasteiger partial charge < -0.3 is 10.2 Å². The van der Waals surface area contributed by atoms with Crippen LogP contribution in [0.4, 0.5) is 0 Å². The Kier molecular flexibility index (Phi) is 4.22. The maximum atomic E-state index is 11.0. The van der Waals surface area contributed by atoms with Crippen LogP contribution in [0.3, 0.4) is 0 Å². The van der Waals surface area contributed by atoms with Crippen LogP contribution in [0.5, 0.6) is 0 Å². The van der Waals surface area contributed by atoms with E-state index in [9.17, 15) is 9.59 Å². The first-order valence-corrected chi connectivity index (χ1v) is 7.12. The summed E-state index contributed by atoms with van der Waals surface area (Å²) in [6, 6.07) is 7.15. The van der Waals surface area contributed by atoms with Crippen LogP contribution >= 0.6 is 23.1 Å². The third-order valence-electron chi connectivity index (χ3n) is 2.40. The number of carboxylic acids is 2. The number of nitriles is 1. The molecule has 2 rings (SSSR count). The Morgan fingerprint density at radius 3 is 2.80 bits per heavy atom. The van der Waals surface area contributed by atoms with Crippen LogP contribution in [0.25, 0.3) is 10.2 Å². The van der Waals surface area contributed by atoms with Gasteiger partial charge >= 0.3 is 11.9 Å². The molecule has 0 aliphatic rings. The molecule has 102 valence electrons. The minimum Gasteiger partial charge on any atom is -0.481 e. The number of thioether (sulfide) groups is 1. The van der Waals surface area contributed by atoms with Crippen molar-refractivity contribution >= 4 is 45.3 Å². The Bertz CT molecular complexity index is 720. The number of hydrogen-bond acceptors (Lipinski definition) is 6. The lowest BCUT2D eigenvalue weighted by molar-refractivity contribution is -0.142. The molecule has 1 heterocycles. The molecule has 0 aliphatic heterocycles. The van der Waals surface area contributed by atoms with E-state index in [-0.39, 0.29) is 0 Å². The standard InChI is InChI=1S/C12H8N2O4S2/c13-5-6-2-1-3-7-10(6)14-12(19-7)20-8(11(17)18)4-9(15)16/h1-3,8H,4H2,(H,15,16)(H,17,18). The minimum atomic E-state index is -1.20. The zero-order valence-corrected chi connectivity index (χ0v) is 11.6. The molecule has 2 aromatic rings. The summed E-state index contributed by atoms with van der Waals surface area (Å²) in [4.78, 5) is 25.9. The molecule has 0 saturated heterocycles. The molecule has 8 heteroatoms. The van der Waals surface area contributed by atoms with Gasteiger partial charge in [-0.3, -0.25) is 9.59 Å². The van der Waals surface area contributed by atoms with E-state index in [2.05, 4.69) is 4.98 Å². The lowest BCUT2D eigenvalue weighted by atomic mass is 10.2. The summed E-state index contributed by atoms with van der Waals surface area (Å²) in [5.41, 5.74) is 0.928. The van der Waals surface area contributed by atoms with Crippen molar-refractivity contribution in [1.82, 2.24) is 4.98 Å². The van der Waals surface area contributed by atoms with E-state index in [1.54, 1.807) is 18.2 Å². The second-order valence-corrected chi connectivity index (χ2v) is 6.27. The number of aliphatic carboxylic acids is 2. The summed E-state index contributed by atoms with van der Waals surface area (Å²) in [5, 5.41) is 25.6. The molecular weight excluding hydrogens is 300 g/mol. The molecular formula is C12H8N2O4S2. The van der Waals surface area contributed by atoms with Crippen molar-refractivity contribution in [2.45, 2.75) is 16.0 Å². The average Bonchev–Trinajstić information content (AvgIpc) is 2.79. The van der Waals surface area contributed by atoms with E-state index < -0.39 is 23.6 Å². The third-order valence-corrected chi connectivity index (χ3v) is 4.70. The number of aromatic nitrogens is 1. The van der Waals surface area contributed by atoms with Crippen molar-refractivity contribution < 1.29 is 19.8 Å². The fraction of sp³-hybridized carbons (Fsp3) is 0.167. The van der Waals surface area contributed by atoms with Gasteiger partial charge in [0.25, 0.3) is 0 Å². The normalized spacial score (nSPS) is 11.9. The smallest absolute Gasteiger partial charge is 0.317 e. The summed E-state index contributed by atoms with van der Waals surface area (Å²) >= 11 is 2.13. The highest BCUT2D eigenvalue weighted by atomic mass is 32.2. The molecule has 0 aliphatic carbocycles. The van der Waals surface area contributed by atoms with Gasteiger partial charge in [-0.25, -0.2) is 4.98 Å². The number of para-hydroxylation sites is 1. The molecule has 0 spiro atoms. The van der Waals surface area contributed by atoms with E-state index in [1.807, 2.05) is 6.07 Å². The van der Waals surface area contributed by atoms with Crippen molar-refractivity contribution in [2.24, 2.45) is 0 Å². The highest BCUT2D eigenvalue weighted by Gasteiger charge is 2.24. The zero-order chi connectivity index (χ0) is 14.7. The molecule has 1 aromatic carbocycles. The quantitative estimate of drug-likeness (QED) is 0.814. The van der Waals surface area contributed by atoms with Crippen LogP contribution < -0.4 is 0 Å². The van der Waals surface area contributed by atoms with Gasteiger partial charge in [-0.2, -0.15) is 5.26 Å². The van der Waals surface area contributed by atoms with Crippen LogP contribution in [-0.2, 0) is 9.59 Å². The Hall–Kier alpha value is -2.11. The van der Waals surface area contributed by atoms with E-state index in [4.69, 9.17) is 15.5 Å². The van der Waals surface area contributed by atoms with Crippen molar-refractivity contribution in [1.29, 1.82) is 5.26 Å². The number of fused-ring (bicyclic) bond motifs is 1. The van der Waals surface area contributed by atoms with Crippen molar-refractivity contribution in [3.63, 3.8) is 0 Å². The number of nitrogens with zero attached hydrogens (tertiary/aromatic N) is 2. The first-order chi connectivity index (χ1) is 9.51. The molecule has 20 heavy (non-hydrogen) atoms. The van der Waals surface area contributed by atoms with Crippen LogP contribution in [0.2, 0.25) is 0 Å². The van der Waals surface area contributed by atoms with Gasteiger partial charge in [-0.05, 0) is 12.1 Å². The Morgan fingerprint density at radius 2 is 2.20 bits per heavy atom. The van der Waals surface area contributed by atoms with E-state index in [0.717, 1.165) is 16.5 Å². The fourth-order valence-electron chi connectivity index (χ4n) is 1.53. The third kappa shape index (κ3) is 3.07. The monoisotopic (exact) mass is 308 g/mol. The molecule has 0 fully saturated rings. The molecule has 0 amide bonds. The number of carbonyl (C=O) groups is 2. The molecule has 0 saturated carbocycles. The summed E-state index contributed by atoms with van der Waals surface area (Å²) in [6.07, 6.45) is -0.485. The molecule has 1 aromatic heterocycles. The van der Waals surface area contributed by atoms with Crippen molar-refractivity contribution in [3.05, 3.63) is 23.8 Å². The SMILES string of the molecule is N#Cc1cccc2sc(SC(CC(=O)O)C(=O)O)nc12. The first kappa shape index (κ1) is 14.3. The van der Waals surface area contributed by atoms with Crippen molar-refractivity contribution in [3.8, 4) is 6.07 Å². The van der Waals surface area contributed by atoms with E-state index >= 15 is 0 Å². The topological polar surface area (TPSA) is 111 Å². The second kappa shape index (κ2) is 5.90. The molecule has 1 unspecified atom stereocenters. The second-order valence-electron chi connectivity index (χ2n) is 3.79. The summed E-state index contributed by atoms with van der Waals surface area (Å²) < 4.78 is 1.21. The largest absolute Gasteiger partial charge is 0.481 e. The summed E-state index contributed by atoms with van der Waals surface area (Å²) in [6.45, 7) is 0. The average molecular weight is 308 g/mol. The number of benzene rings is 1. The molecule has 1 atom stereocenters. The maximum absolute atomic E-state index is 11.0. The zero-order valence-electron chi connectivity index (χ0n) is 9.94. The predicted molar refractivity (Wildman–Crippen MR) is 73.9 cm³/mol. The molecule has 6 nitrogen and oxygen atoms in total. The van der Waals surface area contributed by atoms with E-state index in [1.165, 1.54) is 11.3 Å². The number of carboxylic acid groups (broad SMARTS) is 2. The highest BCUT2D eigenvalue weighted by molar-refractivity contribution is 8.02. The highest BCUT2D eigenvalue weighted by Crippen LogP contribution is 2.34. The summed E-state index contributed by atoms with van der Waals surface area (Å²) in [7, 11) is 0. The minimum absolute atomic E-state index is 0.413. The molecule has 0 bridgehead atoms. The van der Waals surface area contributed by atoms with Gasteiger partial charge in [-0.15, -0.1) is 11.3 Å². The van der Waals surface area contributed by atoms with Crippen LogP contribution in [-0.4, -0.2) is 32.4 Å². The van der Waals surface area contributed by atoms with E-state index in [0.29, 0.717) is 15.4 Å². The Labute approximate surface area is 121 Å². The molecule has 0 radical (unpaired) electrons. The Morgan fingerprint density at radius 1 is 1.45 bits per heavy atom. The van der Waals surface area contributed by atoms with Crippen LogP contribution in [0.1, 0.15) is 12.0 Å². The lowest BCUT2D eigenvalue weighted by Gasteiger charge is -2.06. The predicted octanol–water partition coefficient (Wildman–Crippen LogP) is 2.19. The summed E-state index contributed by atoms with van der Waals surface area (Å²) in [5.74, 6) is -2.37. The van der Waals surface area contributed by atoms with Gasteiger partial charge in [0.05, 0.1) is 16.7 Å². The van der Waals surface area contributed by atoms with Gasteiger partial charge in [-0.1, -0.05) is 17.8 Å². The number of rotatable bonds is 5. The fourth-order valence-corrected chi connectivity index (χ4v) is 3.78.